The summed E-state index contributed by atoms with van der Waals surface area (Å²) in [5.74, 6) is -1.70. The molecule has 1 rings (SSSR count). The van der Waals surface area contributed by atoms with E-state index in [9.17, 15) is 14.0 Å². The van der Waals surface area contributed by atoms with Gasteiger partial charge in [0.1, 0.15) is 12.1 Å². The van der Waals surface area contributed by atoms with Crippen LogP contribution in [0.25, 0.3) is 6.08 Å². The van der Waals surface area contributed by atoms with Gasteiger partial charge in [-0.1, -0.05) is 0 Å². The number of carbonyl (C=O) groups is 2. The van der Waals surface area contributed by atoms with Gasteiger partial charge in [-0.2, -0.15) is 0 Å². The van der Waals surface area contributed by atoms with Crippen molar-refractivity contribution in [2.75, 3.05) is 0 Å². The van der Waals surface area contributed by atoms with Crippen LogP contribution in [0.5, 0.6) is 0 Å². The molecule has 0 aliphatic heterocycles. The number of hydrogen-bond donors (Lipinski definition) is 1. The topological polar surface area (TPSA) is 54.4 Å². The number of carboxylic acids is 1. The molecule has 0 unspecified atom stereocenters. The van der Waals surface area contributed by atoms with Crippen molar-refractivity contribution in [2.24, 2.45) is 0 Å². The molecule has 14 heavy (non-hydrogen) atoms. The number of carbonyl (C=O) groups excluding carboxylic acids is 1. The summed E-state index contributed by atoms with van der Waals surface area (Å²) in [6.07, 6.45) is 2.81. The number of benzene rings is 1. The van der Waals surface area contributed by atoms with Crippen LogP contribution in [0.4, 0.5) is 4.39 Å². The van der Waals surface area contributed by atoms with E-state index in [0.717, 1.165) is 24.3 Å². The number of halogens is 1. The SMILES string of the molecule is O=CC=Cc1cc(C(=O)O)ccc1F. The summed E-state index contributed by atoms with van der Waals surface area (Å²) in [6, 6.07) is 3.38. The lowest BCUT2D eigenvalue weighted by molar-refractivity contribution is -0.104. The van der Waals surface area contributed by atoms with Crippen molar-refractivity contribution in [1.29, 1.82) is 0 Å². The molecule has 0 atom stereocenters. The zero-order valence-corrected chi connectivity index (χ0v) is 7.11. The van der Waals surface area contributed by atoms with Gasteiger partial charge < -0.3 is 5.11 Å². The fourth-order valence-electron chi connectivity index (χ4n) is 0.947. The van der Waals surface area contributed by atoms with E-state index in [1.807, 2.05) is 0 Å². The Bertz CT molecular complexity index is 396. The Morgan fingerprint density at radius 3 is 2.71 bits per heavy atom. The Balaban J connectivity index is 3.14. The van der Waals surface area contributed by atoms with Crippen molar-refractivity contribution in [1.82, 2.24) is 0 Å². The maximum absolute atomic E-state index is 13.0. The summed E-state index contributed by atoms with van der Waals surface area (Å²) in [5, 5.41) is 8.61. The van der Waals surface area contributed by atoms with Gasteiger partial charge in [0.05, 0.1) is 5.56 Å². The van der Waals surface area contributed by atoms with Crippen LogP contribution in [-0.2, 0) is 4.79 Å². The molecule has 0 amide bonds. The van der Waals surface area contributed by atoms with Crippen LogP contribution < -0.4 is 0 Å². The molecular weight excluding hydrogens is 187 g/mol. The third-order valence-corrected chi connectivity index (χ3v) is 1.60. The summed E-state index contributed by atoms with van der Waals surface area (Å²) in [6.45, 7) is 0. The maximum Gasteiger partial charge on any atom is 0.335 e. The van der Waals surface area contributed by atoms with Gasteiger partial charge in [-0.15, -0.1) is 0 Å². The number of carboxylic acid groups (broad SMARTS) is 1. The summed E-state index contributed by atoms with van der Waals surface area (Å²) in [4.78, 5) is 20.5. The van der Waals surface area contributed by atoms with Gasteiger partial charge in [0, 0.05) is 5.56 Å². The van der Waals surface area contributed by atoms with Crippen molar-refractivity contribution >= 4 is 18.3 Å². The first kappa shape index (κ1) is 10.1. The van der Waals surface area contributed by atoms with Gasteiger partial charge in [0.15, 0.2) is 0 Å². The largest absolute Gasteiger partial charge is 0.478 e. The van der Waals surface area contributed by atoms with E-state index in [4.69, 9.17) is 5.11 Å². The zero-order chi connectivity index (χ0) is 10.6. The Morgan fingerprint density at radius 2 is 2.14 bits per heavy atom. The van der Waals surface area contributed by atoms with E-state index in [-0.39, 0.29) is 11.1 Å². The highest BCUT2D eigenvalue weighted by Gasteiger charge is 2.05. The predicted octanol–water partition coefficient (Wildman–Crippen LogP) is 1.74. The van der Waals surface area contributed by atoms with E-state index in [0.29, 0.717) is 6.29 Å². The van der Waals surface area contributed by atoms with Gasteiger partial charge in [-0.25, -0.2) is 9.18 Å². The van der Waals surface area contributed by atoms with E-state index < -0.39 is 11.8 Å². The first-order valence-corrected chi connectivity index (χ1v) is 3.80. The van der Waals surface area contributed by atoms with E-state index in [1.165, 1.54) is 6.08 Å². The monoisotopic (exact) mass is 194 g/mol. The number of hydrogen-bond acceptors (Lipinski definition) is 2. The van der Waals surface area contributed by atoms with E-state index in [1.54, 1.807) is 0 Å². The molecule has 0 heterocycles. The fraction of sp³-hybridized carbons (Fsp3) is 0. The number of aldehydes is 1. The first-order valence-electron chi connectivity index (χ1n) is 3.80. The molecule has 4 heteroatoms. The molecule has 1 aromatic carbocycles. The Labute approximate surface area is 79.5 Å². The molecular formula is C10H7FO3. The molecule has 0 saturated carbocycles. The Kier molecular flexibility index (Phi) is 3.12. The predicted molar refractivity (Wildman–Crippen MR) is 48.5 cm³/mol. The number of allylic oxidation sites excluding steroid dienone is 1. The minimum absolute atomic E-state index is 0.0167. The molecule has 0 aromatic heterocycles. The third-order valence-electron chi connectivity index (χ3n) is 1.60. The standard InChI is InChI=1S/C10H7FO3/c11-9-4-3-8(10(13)14)6-7(9)2-1-5-12/h1-6H,(H,13,14). The lowest BCUT2D eigenvalue weighted by Crippen LogP contribution is -1.97. The van der Waals surface area contributed by atoms with E-state index >= 15 is 0 Å². The Morgan fingerprint density at radius 1 is 1.43 bits per heavy atom. The highest BCUT2D eigenvalue weighted by Crippen LogP contribution is 2.12. The van der Waals surface area contributed by atoms with E-state index in [2.05, 4.69) is 0 Å². The normalized spacial score (nSPS) is 10.4. The molecule has 0 fully saturated rings. The average Bonchev–Trinajstić information content (AvgIpc) is 2.16. The van der Waals surface area contributed by atoms with Gasteiger partial charge in [0.25, 0.3) is 0 Å². The van der Waals surface area contributed by atoms with Crippen LogP contribution in [0.2, 0.25) is 0 Å². The van der Waals surface area contributed by atoms with Crippen LogP contribution in [0.15, 0.2) is 24.3 Å². The van der Waals surface area contributed by atoms with Crippen molar-refractivity contribution < 1.29 is 19.1 Å². The first-order chi connectivity index (χ1) is 6.65. The third kappa shape index (κ3) is 2.26. The highest BCUT2D eigenvalue weighted by atomic mass is 19.1. The number of aromatic carboxylic acids is 1. The van der Waals surface area contributed by atoms with Crippen molar-refractivity contribution in [3.8, 4) is 0 Å². The molecule has 0 spiro atoms. The Hall–Kier alpha value is -1.97. The minimum Gasteiger partial charge on any atom is -0.478 e. The number of rotatable bonds is 3. The average molecular weight is 194 g/mol. The second kappa shape index (κ2) is 4.32. The van der Waals surface area contributed by atoms with Gasteiger partial charge in [0.2, 0.25) is 0 Å². The van der Waals surface area contributed by atoms with Crippen molar-refractivity contribution in [3.63, 3.8) is 0 Å². The van der Waals surface area contributed by atoms with Crippen LogP contribution in [-0.4, -0.2) is 17.4 Å². The van der Waals surface area contributed by atoms with Gasteiger partial charge >= 0.3 is 5.97 Å². The van der Waals surface area contributed by atoms with Crippen molar-refractivity contribution in [2.45, 2.75) is 0 Å². The molecule has 3 nitrogen and oxygen atoms in total. The molecule has 0 aliphatic carbocycles. The summed E-state index contributed by atoms with van der Waals surface area (Å²) in [7, 11) is 0. The lowest BCUT2D eigenvalue weighted by atomic mass is 10.1. The molecule has 0 aliphatic rings. The molecule has 0 bridgehead atoms. The smallest absolute Gasteiger partial charge is 0.335 e. The van der Waals surface area contributed by atoms with Crippen molar-refractivity contribution in [3.05, 3.63) is 41.2 Å². The van der Waals surface area contributed by atoms with Crippen LogP contribution in [0, 0.1) is 5.82 Å². The quantitative estimate of drug-likeness (QED) is 0.589. The second-order valence-corrected chi connectivity index (χ2v) is 2.54. The molecule has 1 N–H and O–H groups in total. The molecule has 1 aromatic rings. The highest BCUT2D eigenvalue weighted by molar-refractivity contribution is 5.88. The van der Waals surface area contributed by atoms with Crippen LogP contribution in [0.1, 0.15) is 15.9 Å². The molecule has 72 valence electrons. The van der Waals surface area contributed by atoms with Crippen LogP contribution in [0.3, 0.4) is 0 Å². The van der Waals surface area contributed by atoms with Gasteiger partial charge in [-0.3, -0.25) is 4.79 Å². The fourth-order valence-corrected chi connectivity index (χ4v) is 0.947. The van der Waals surface area contributed by atoms with Gasteiger partial charge in [-0.05, 0) is 30.4 Å². The summed E-state index contributed by atoms with van der Waals surface area (Å²) < 4.78 is 13.0. The summed E-state index contributed by atoms with van der Waals surface area (Å²) in [5.41, 5.74) is 0.0638. The summed E-state index contributed by atoms with van der Waals surface area (Å²) >= 11 is 0. The van der Waals surface area contributed by atoms with Crippen LogP contribution >= 0.6 is 0 Å². The molecule has 0 saturated heterocycles. The molecule has 0 radical (unpaired) electrons. The maximum atomic E-state index is 13.0. The second-order valence-electron chi connectivity index (χ2n) is 2.54. The lowest BCUT2D eigenvalue weighted by Gasteiger charge is -1.98. The zero-order valence-electron chi connectivity index (χ0n) is 7.11. The minimum atomic E-state index is -1.13.